The molecule has 2 N–H and O–H groups in total. The second kappa shape index (κ2) is 3.48. The maximum Gasteiger partial charge on any atom is 0.220 e. The van der Waals surface area contributed by atoms with Crippen LogP contribution in [-0.4, -0.2) is 22.2 Å². The summed E-state index contributed by atoms with van der Waals surface area (Å²) in [6.45, 7) is 4.15. The van der Waals surface area contributed by atoms with Crippen molar-refractivity contribution < 1.29 is 9.90 Å². The third kappa shape index (κ3) is 1.89. The number of rotatable bonds is 1. The van der Waals surface area contributed by atoms with E-state index in [2.05, 4.69) is 19.2 Å². The van der Waals surface area contributed by atoms with Gasteiger partial charge in [0.25, 0.3) is 0 Å². The molecule has 1 aliphatic heterocycles. The Kier molecular flexibility index (Phi) is 2.53. The SMILES string of the molecule is CC(C)C1(O)CCC2(CCC(=O)N2)CC1. The molecule has 0 aromatic rings. The van der Waals surface area contributed by atoms with E-state index in [0.717, 1.165) is 32.1 Å². The van der Waals surface area contributed by atoms with E-state index in [1.165, 1.54) is 0 Å². The Labute approximate surface area is 91.2 Å². The molecule has 2 aliphatic rings. The molecule has 1 saturated heterocycles. The van der Waals surface area contributed by atoms with Crippen molar-refractivity contribution >= 4 is 5.91 Å². The van der Waals surface area contributed by atoms with Crippen LogP contribution in [0.1, 0.15) is 52.4 Å². The molecule has 0 radical (unpaired) electrons. The first-order valence-corrected chi connectivity index (χ1v) is 5.99. The van der Waals surface area contributed by atoms with Crippen molar-refractivity contribution in [2.45, 2.75) is 63.5 Å². The van der Waals surface area contributed by atoms with Crippen LogP contribution < -0.4 is 5.32 Å². The number of carbonyl (C=O) groups is 1. The van der Waals surface area contributed by atoms with Gasteiger partial charge in [0.15, 0.2) is 0 Å². The van der Waals surface area contributed by atoms with Crippen molar-refractivity contribution in [2.24, 2.45) is 5.92 Å². The normalized spacial score (nSPS) is 41.2. The predicted molar refractivity (Wildman–Crippen MR) is 58.4 cm³/mol. The van der Waals surface area contributed by atoms with Crippen molar-refractivity contribution in [1.29, 1.82) is 0 Å². The summed E-state index contributed by atoms with van der Waals surface area (Å²) in [7, 11) is 0. The van der Waals surface area contributed by atoms with E-state index in [4.69, 9.17) is 0 Å². The van der Waals surface area contributed by atoms with Gasteiger partial charge >= 0.3 is 0 Å². The summed E-state index contributed by atoms with van der Waals surface area (Å²) in [6, 6.07) is 0. The van der Waals surface area contributed by atoms with Crippen LogP contribution in [0.2, 0.25) is 0 Å². The van der Waals surface area contributed by atoms with Crippen molar-refractivity contribution in [3.8, 4) is 0 Å². The fourth-order valence-corrected chi connectivity index (χ4v) is 2.89. The number of nitrogens with one attached hydrogen (secondary N) is 1. The van der Waals surface area contributed by atoms with Gasteiger partial charge in [0, 0.05) is 12.0 Å². The molecule has 86 valence electrons. The third-order valence-electron chi connectivity index (χ3n) is 4.38. The molecule has 2 rings (SSSR count). The number of amides is 1. The minimum absolute atomic E-state index is 0.0260. The quantitative estimate of drug-likeness (QED) is 0.692. The van der Waals surface area contributed by atoms with Crippen LogP contribution in [0.4, 0.5) is 0 Å². The van der Waals surface area contributed by atoms with Crippen molar-refractivity contribution in [2.75, 3.05) is 0 Å². The van der Waals surface area contributed by atoms with E-state index < -0.39 is 5.60 Å². The van der Waals surface area contributed by atoms with Crippen molar-refractivity contribution in [3.05, 3.63) is 0 Å². The van der Waals surface area contributed by atoms with Gasteiger partial charge < -0.3 is 10.4 Å². The third-order valence-corrected chi connectivity index (χ3v) is 4.38. The van der Waals surface area contributed by atoms with E-state index in [1.807, 2.05) is 0 Å². The van der Waals surface area contributed by atoms with Gasteiger partial charge in [0.05, 0.1) is 5.60 Å². The van der Waals surface area contributed by atoms with E-state index >= 15 is 0 Å². The molecule has 0 unspecified atom stereocenters. The summed E-state index contributed by atoms with van der Waals surface area (Å²) in [5, 5.41) is 13.4. The Bertz CT molecular complexity index is 265. The standard InChI is InChI=1S/C12H21NO2/c1-9(2)12(15)7-5-11(6-8-12)4-3-10(14)13-11/h9,15H,3-8H2,1-2H3,(H,13,14). The van der Waals surface area contributed by atoms with Crippen LogP contribution in [0.3, 0.4) is 0 Å². The first-order valence-electron chi connectivity index (χ1n) is 5.99. The molecule has 0 aromatic heterocycles. The van der Waals surface area contributed by atoms with Crippen LogP contribution in [-0.2, 0) is 4.79 Å². The second-order valence-corrected chi connectivity index (χ2v) is 5.59. The lowest BCUT2D eigenvalue weighted by Gasteiger charge is -2.44. The number of hydrogen-bond donors (Lipinski definition) is 2. The summed E-state index contributed by atoms with van der Waals surface area (Å²) < 4.78 is 0. The molecule has 1 saturated carbocycles. The first-order chi connectivity index (χ1) is 6.96. The lowest BCUT2D eigenvalue weighted by Crippen LogP contribution is -2.51. The van der Waals surface area contributed by atoms with Crippen LogP contribution in [0, 0.1) is 5.92 Å². The fraction of sp³-hybridized carbons (Fsp3) is 0.917. The molecule has 2 fully saturated rings. The number of carbonyl (C=O) groups excluding carboxylic acids is 1. The van der Waals surface area contributed by atoms with E-state index in [9.17, 15) is 9.90 Å². The van der Waals surface area contributed by atoms with E-state index in [0.29, 0.717) is 12.3 Å². The van der Waals surface area contributed by atoms with Crippen LogP contribution in [0.25, 0.3) is 0 Å². The zero-order chi connectivity index (χ0) is 11.1. The Balaban J connectivity index is 2.00. The van der Waals surface area contributed by atoms with Crippen molar-refractivity contribution in [3.63, 3.8) is 0 Å². The molecule has 0 bridgehead atoms. The molecule has 1 spiro atoms. The zero-order valence-electron chi connectivity index (χ0n) is 9.68. The van der Waals surface area contributed by atoms with Gasteiger partial charge in [-0.15, -0.1) is 0 Å². The summed E-state index contributed by atoms with van der Waals surface area (Å²) >= 11 is 0. The van der Waals surface area contributed by atoms with Gasteiger partial charge in [0.2, 0.25) is 5.91 Å². The smallest absolute Gasteiger partial charge is 0.220 e. The molecular weight excluding hydrogens is 190 g/mol. The highest BCUT2D eigenvalue weighted by molar-refractivity contribution is 5.79. The van der Waals surface area contributed by atoms with E-state index in [-0.39, 0.29) is 11.4 Å². The van der Waals surface area contributed by atoms with Crippen LogP contribution in [0.5, 0.6) is 0 Å². The van der Waals surface area contributed by atoms with Gasteiger partial charge in [-0.05, 0) is 38.0 Å². The lowest BCUT2D eigenvalue weighted by molar-refractivity contribution is -0.120. The maximum absolute atomic E-state index is 11.2. The van der Waals surface area contributed by atoms with Gasteiger partial charge in [-0.2, -0.15) is 0 Å². The molecule has 15 heavy (non-hydrogen) atoms. The van der Waals surface area contributed by atoms with Crippen molar-refractivity contribution in [1.82, 2.24) is 5.32 Å². The molecule has 0 aromatic carbocycles. The lowest BCUT2D eigenvalue weighted by atomic mass is 9.69. The molecular formula is C12H21NO2. The molecule has 3 nitrogen and oxygen atoms in total. The Hall–Kier alpha value is -0.570. The Morgan fingerprint density at radius 3 is 2.20 bits per heavy atom. The van der Waals surface area contributed by atoms with Crippen LogP contribution >= 0.6 is 0 Å². The minimum atomic E-state index is -0.501. The molecule has 1 aliphatic carbocycles. The highest BCUT2D eigenvalue weighted by atomic mass is 16.3. The van der Waals surface area contributed by atoms with Gasteiger partial charge in [-0.1, -0.05) is 13.8 Å². The van der Waals surface area contributed by atoms with Crippen LogP contribution in [0.15, 0.2) is 0 Å². The molecule has 3 heteroatoms. The number of hydrogen-bond acceptors (Lipinski definition) is 2. The topological polar surface area (TPSA) is 49.3 Å². The van der Waals surface area contributed by atoms with E-state index in [1.54, 1.807) is 0 Å². The predicted octanol–water partition coefficient (Wildman–Crippen LogP) is 1.60. The highest BCUT2D eigenvalue weighted by Gasteiger charge is 2.46. The summed E-state index contributed by atoms with van der Waals surface area (Å²) in [6.07, 6.45) is 5.15. The second-order valence-electron chi connectivity index (χ2n) is 5.59. The average molecular weight is 211 g/mol. The summed E-state index contributed by atoms with van der Waals surface area (Å²) in [5.74, 6) is 0.497. The van der Waals surface area contributed by atoms with Gasteiger partial charge in [0.1, 0.15) is 0 Å². The minimum Gasteiger partial charge on any atom is -0.390 e. The summed E-state index contributed by atoms with van der Waals surface area (Å²) in [4.78, 5) is 11.2. The monoisotopic (exact) mass is 211 g/mol. The average Bonchev–Trinajstić information content (AvgIpc) is 2.54. The highest BCUT2D eigenvalue weighted by Crippen LogP contribution is 2.42. The molecule has 1 amide bonds. The Morgan fingerprint density at radius 2 is 1.80 bits per heavy atom. The largest absolute Gasteiger partial charge is 0.390 e. The Morgan fingerprint density at radius 1 is 1.20 bits per heavy atom. The van der Waals surface area contributed by atoms with Gasteiger partial charge in [-0.3, -0.25) is 4.79 Å². The van der Waals surface area contributed by atoms with Gasteiger partial charge in [-0.25, -0.2) is 0 Å². The first kappa shape index (κ1) is 10.9. The maximum atomic E-state index is 11.2. The zero-order valence-corrected chi connectivity index (χ0v) is 9.68. The summed E-state index contributed by atoms with van der Waals surface area (Å²) in [5.41, 5.74) is -0.475. The number of aliphatic hydroxyl groups is 1. The fourth-order valence-electron chi connectivity index (χ4n) is 2.89. The molecule has 0 atom stereocenters. The molecule has 1 heterocycles.